The van der Waals surface area contributed by atoms with E-state index >= 15 is 0 Å². The van der Waals surface area contributed by atoms with Gasteiger partial charge in [0, 0.05) is 11.9 Å². The number of anilines is 2. The Balaban J connectivity index is 1.78. The molecule has 1 aliphatic rings. The summed E-state index contributed by atoms with van der Waals surface area (Å²) >= 11 is 0. The van der Waals surface area contributed by atoms with Crippen molar-refractivity contribution in [3.63, 3.8) is 0 Å². The van der Waals surface area contributed by atoms with E-state index in [1.54, 1.807) is 0 Å². The summed E-state index contributed by atoms with van der Waals surface area (Å²) in [5.74, 6) is 1.03. The van der Waals surface area contributed by atoms with Gasteiger partial charge in [-0.3, -0.25) is 4.79 Å². The van der Waals surface area contributed by atoms with Gasteiger partial charge in [-0.1, -0.05) is 31.9 Å². The maximum Gasteiger partial charge on any atom is 0.237 e. The Hall–Kier alpha value is -2.41. The van der Waals surface area contributed by atoms with Crippen molar-refractivity contribution in [3.8, 4) is 0 Å². The molecule has 1 fully saturated rings. The highest BCUT2D eigenvalue weighted by molar-refractivity contribution is 5.90. The van der Waals surface area contributed by atoms with Crippen LogP contribution in [0, 0.1) is 0 Å². The van der Waals surface area contributed by atoms with Crippen molar-refractivity contribution in [3.05, 3.63) is 24.3 Å². The number of nitrogens with zero attached hydrogens (tertiary/aromatic N) is 2. The number of para-hydroxylation sites is 1. The quantitative estimate of drug-likeness (QED) is 0.569. The van der Waals surface area contributed by atoms with E-state index in [9.17, 15) is 4.79 Å². The topological polar surface area (TPSA) is 105 Å². The number of aromatic nitrogens is 2. The molecule has 27 heavy (non-hydrogen) atoms. The van der Waals surface area contributed by atoms with Crippen molar-refractivity contribution >= 4 is 28.6 Å². The number of benzene rings is 1. The average molecular weight is 371 g/mol. The van der Waals surface area contributed by atoms with Gasteiger partial charge in [-0.2, -0.15) is 4.98 Å². The van der Waals surface area contributed by atoms with Crippen LogP contribution >= 0.6 is 0 Å². The summed E-state index contributed by atoms with van der Waals surface area (Å²) in [5, 5.41) is 10.8. The van der Waals surface area contributed by atoms with Gasteiger partial charge in [-0.25, -0.2) is 4.98 Å². The SMILES string of the molecule is CCCC[C@](C)(CNC(=O)[C@@H]1CCCN1)Nc1nc(N)nc2ccccc12. The summed E-state index contributed by atoms with van der Waals surface area (Å²) in [6.45, 7) is 5.73. The highest BCUT2D eigenvalue weighted by Crippen LogP contribution is 2.26. The molecule has 5 N–H and O–H groups in total. The van der Waals surface area contributed by atoms with Crippen molar-refractivity contribution in [1.29, 1.82) is 0 Å². The minimum absolute atomic E-state index is 0.0732. The monoisotopic (exact) mass is 370 g/mol. The number of nitrogens with one attached hydrogen (secondary N) is 3. The Bertz CT molecular complexity index is 789. The molecule has 2 atom stereocenters. The molecule has 7 heteroatoms. The number of nitrogens with two attached hydrogens (primary N) is 1. The Labute approximate surface area is 160 Å². The smallest absolute Gasteiger partial charge is 0.237 e. The van der Waals surface area contributed by atoms with Crippen LogP contribution in [0.3, 0.4) is 0 Å². The van der Waals surface area contributed by atoms with Crippen LogP contribution in [0.25, 0.3) is 10.9 Å². The number of amides is 1. The second-order valence-corrected chi connectivity index (χ2v) is 7.60. The summed E-state index contributed by atoms with van der Waals surface area (Å²) in [6, 6.07) is 7.73. The van der Waals surface area contributed by atoms with E-state index < -0.39 is 0 Å². The summed E-state index contributed by atoms with van der Waals surface area (Å²) in [7, 11) is 0. The predicted octanol–water partition coefficient (Wildman–Crippen LogP) is 2.44. The van der Waals surface area contributed by atoms with Gasteiger partial charge in [-0.15, -0.1) is 0 Å². The summed E-state index contributed by atoms with van der Waals surface area (Å²) in [6.07, 6.45) is 5.01. The lowest BCUT2D eigenvalue weighted by molar-refractivity contribution is -0.123. The summed E-state index contributed by atoms with van der Waals surface area (Å²) in [4.78, 5) is 21.2. The van der Waals surface area contributed by atoms with Gasteiger partial charge in [-0.05, 0) is 44.9 Å². The van der Waals surface area contributed by atoms with E-state index in [4.69, 9.17) is 5.73 Å². The number of carbonyl (C=O) groups excluding carboxylic acids is 1. The predicted molar refractivity (Wildman–Crippen MR) is 110 cm³/mol. The summed E-state index contributed by atoms with van der Waals surface area (Å²) in [5.41, 5.74) is 6.39. The normalized spacial score (nSPS) is 19.0. The first-order chi connectivity index (χ1) is 13.0. The van der Waals surface area contributed by atoms with Crippen molar-refractivity contribution < 1.29 is 4.79 Å². The van der Waals surface area contributed by atoms with Crippen LogP contribution in [0.5, 0.6) is 0 Å². The maximum absolute atomic E-state index is 12.4. The fourth-order valence-corrected chi connectivity index (χ4v) is 3.55. The average Bonchev–Trinajstić information content (AvgIpc) is 3.19. The lowest BCUT2D eigenvalue weighted by Gasteiger charge is -2.32. The Morgan fingerprint density at radius 2 is 2.19 bits per heavy atom. The molecule has 146 valence electrons. The highest BCUT2D eigenvalue weighted by atomic mass is 16.2. The van der Waals surface area contributed by atoms with Gasteiger partial charge in [0.25, 0.3) is 0 Å². The molecule has 2 aromatic rings. The van der Waals surface area contributed by atoms with Crippen LogP contribution in [0.4, 0.5) is 11.8 Å². The Morgan fingerprint density at radius 3 is 2.93 bits per heavy atom. The Morgan fingerprint density at radius 1 is 1.37 bits per heavy atom. The largest absolute Gasteiger partial charge is 0.368 e. The third kappa shape index (κ3) is 4.86. The molecular weight excluding hydrogens is 340 g/mol. The molecule has 2 heterocycles. The molecule has 1 amide bonds. The van der Waals surface area contributed by atoms with E-state index in [2.05, 4.69) is 39.8 Å². The van der Waals surface area contributed by atoms with Crippen LogP contribution in [0.1, 0.15) is 46.0 Å². The van der Waals surface area contributed by atoms with Crippen LogP contribution in [-0.2, 0) is 4.79 Å². The standard InChI is InChI=1S/C20H30N6O/c1-3-4-11-20(2,13-23-18(27)16-10-7-12-22-16)26-17-14-8-5-6-9-15(14)24-19(21)25-17/h5-6,8-9,16,22H,3-4,7,10-13H2,1-2H3,(H,23,27)(H3,21,24,25,26)/t16-,20+/m0/s1. The molecule has 0 saturated carbocycles. The molecule has 1 aromatic heterocycles. The van der Waals surface area contributed by atoms with Gasteiger partial charge in [0.2, 0.25) is 11.9 Å². The molecule has 0 radical (unpaired) electrons. The van der Waals surface area contributed by atoms with Crippen LogP contribution in [0.2, 0.25) is 0 Å². The zero-order chi connectivity index (χ0) is 19.3. The number of unbranched alkanes of at least 4 members (excludes halogenated alkanes) is 1. The molecule has 1 saturated heterocycles. The third-order valence-electron chi connectivity index (χ3n) is 5.15. The summed E-state index contributed by atoms with van der Waals surface area (Å²) < 4.78 is 0. The molecule has 1 aliphatic heterocycles. The fraction of sp³-hybridized carbons (Fsp3) is 0.550. The van der Waals surface area contributed by atoms with Gasteiger partial charge >= 0.3 is 0 Å². The lowest BCUT2D eigenvalue weighted by atomic mass is 9.94. The first kappa shape index (κ1) is 19.4. The van der Waals surface area contributed by atoms with Crippen LogP contribution in [0.15, 0.2) is 24.3 Å². The van der Waals surface area contributed by atoms with E-state index in [-0.39, 0.29) is 23.4 Å². The molecule has 0 spiro atoms. The third-order valence-corrected chi connectivity index (χ3v) is 5.15. The number of carbonyl (C=O) groups is 1. The molecule has 7 nitrogen and oxygen atoms in total. The number of rotatable bonds is 8. The second kappa shape index (κ2) is 8.52. The minimum Gasteiger partial charge on any atom is -0.368 e. The van der Waals surface area contributed by atoms with Crippen molar-refractivity contribution in [2.45, 2.75) is 57.5 Å². The maximum atomic E-state index is 12.4. The molecule has 0 aliphatic carbocycles. The van der Waals surface area contributed by atoms with Crippen LogP contribution < -0.4 is 21.7 Å². The lowest BCUT2D eigenvalue weighted by Crippen LogP contribution is -2.50. The number of hydrogen-bond acceptors (Lipinski definition) is 6. The number of hydrogen-bond donors (Lipinski definition) is 4. The molecule has 1 aromatic carbocycles. The van der Waals surface area contributed by atoms with E-state index in [1.807, 2.05) is 24.3 Å². The molecular formula is C20H30N6O. The highest BCUT2D eigenvalue weighted by Gasteiger charge is 2.28. The second-order valence-electron chi connectivity index (χ2n) is 7.60. The zero-order valence-corrected chi connectivity index (χ0v) is 16.2. The van der Waals surface area contributed by atoms with Gasteiger partial charge in [0.1, 0.15) is 5.82 Å². The van der Waals surface area contributed by atoms with Gasteiger partial charge < -0.3 is 21.7 Å². The Kier molecular flexibility index (Phi) is 6.11. The van der Waals surface area contributed by atoms with Gasteiger partial charge in [0.15, 0.2) is 0 Å². The van der Waals surface area contributed by atoms with Gasteiger partial charge in [0.05, 0.1) is 17.1 Å². The van der Waals surface area contributed by atoms with Crippen molar-refractivity contribution in [1.82, 2.24) is 20.6 Å². The molecule has 0 unspecified atom stereocenters. The van der Waals surface area contributed by atoms with Crippen molar-refractivity contribution in [2.24, 2.45) is 0 Å². The number of fused-ring (bicyclic) bond motifs is 1. The van der Waals surface area contributed by atoms with E-state index in [1.165, 1.54) is 0 Å². The zero-order valence-electron chi connectivity index (χ0n) is 16.2. The van der Waals surface area contributed by atoms with E-state index in [0.29, 0.717) is 12.4 Å². The van der Waals surface area contributed by atoms with E-state index in [0.717, 1.165) is 49.6 Å². The minimum atomic E-state index is -0.326. The first-order valence-corrected chi connectivity index (χ1v) is 9.82. The van der Waals surface area contributed by atoms with Crippen molar-refractivity contribution in [2.75, 3.05) is 24.1 Å². The molecule has 3 rings (SSSR count). The van der Waals surface area contributed by atoms with Crippen LogP contribution in [-0.4, -0.2) is 40.5 Å². The molecule has 0 bridgehead atoms. The first-order valence-electron chi connectivity index (χ1n) is 9.82. The fourth-order valence-electron chi connectivity index (χ4n) is 3.55. The number of nitrogen functional groups attached to an aromatic ring is 1.